The summed E-state index contributed by atoms with van der Waals surface area (Å²) in [4.78, 5) is 0. The Kier molecular flexibility index (Phi) is 21.6. The number of rotatable bonds is 1. The fourth-order valence-corrected chi connectivity index (χ4v) is 1.58. The van der Waals surface area contributed by atoms with Crippen LogP contribution in [0.1, 0.15) is 87.5 Å². The molecule has 1 aliphatic rings. The van der Waals surface area contributed by atoms with Crippen molar-refractivity contribution < 1.29 is 0 Å². The maximum atomic E-state index is 2.42. The molecule has 90 valence electrons. The Bertz CT molecular complexity index is 68.1. The molecule has 1 fully saturated rings. The summed E-state index contributed by atoms with van der Waals surface area (Å²) in [7, 11) is 0. The van der Waals surface area contributed by atoms with Gasteiger partial charge in [0.05, 0.1) is 0 Å². The molecule has 0 heterocycles. The van der Waals surface area contributed by atoms with E-state index in [-0.39, 0.29) is 0 Å². The van der Waals surface area contributed by atoms with Gasteiger partial charge in [-0.2, -0.15) is 0 Å². The van der Waals surface area contributed by atoms with Gasteiger partial charge in [-0.15, -0.1) is 0 Å². The van der Waals surface area contributed by atoms with Gasteiger partial charge in [-0.1, -0.05) is 74.7 Å². The predicted molar refractivity (Wildman–Crippen MR) is 70.9 cm³/mol. The summed E-state index contributed by atoms with van der Waals surface area (Å²) in [5, 5.41) is 0. The molecule has 0 heteroatoms. The minimum atomic E-state index is 0.736. The van der Waals surface area contributed by atoms with Gasteiger partial charge in [-0.3, -0.25) is 0 Å². The van der Waals surface area contributed by atoms with Crippen molar-refractivity contribution in [3.8, 4) is 0 Å². The van der Waals surface area contributed by atoms with Gasteiger partial charge in [0.1, 0.15) is 0 Å². The van der Waals surface area contributed by atoms with Crippen molar-refractivity contribution in [3.05, 3.63) is 0 Å². The molecular formula is C14H34. The van der Waals surface area contributed by atoms with Crippen LogP contribution in [0.4, 0.5) is 0 Å². The summed E-state index contributed by atoms with van der Waals surface area (Å²) in [6, 6.07) is 0. The molecule has 0 N–H and O–H groups in total. The predicted octanol–water partition coefficient (Wildman–Crippen LogP) is 6.06. The van der Waals surface area contributed by atoms with Crippen LogP contribution in [0, 0.1) is 5.41 Å². The van der Waals surface area contributed by atoms with Crippen molar-refractivity contribution in [2.75, 3.05) is 0 Å². The Hall–Kier alpha value is 0. The van der Waals surface area contributed by atoms with Crippen molar-refractivity contribution in [2.24, 2.45) is 5.41 Å². The van der Waals surface area contributed by atoms with Crippen molar-refractivity contribution >= 4 is 0 Å². The van der Waals surface area contributed by atoms with Crippen molar-refractivity contribution in [2.45, 2.75) is 87.5 Å². The second kappa shape index (κ2) is 15.5. The van der Waals surface area contributed by atoms with E-state index in [1.165, 1.54) is 32.1 Å². The maximum Gasteiger partial charge on any atom is -0.0328 e. The Morgan fingerprint density at radius 3 is 1.21 bits per heavy atom. The van der Waals surface area contributed by atoms with Crippen LogP contribution in [0.3, 0.4) is 0 Å². The van der Waals surface area contributed by atoms with Crippen LogP contribution in [-0.2, 0) is 0 Å². The Balaban J connectivity index is -0.000000174. The van der Waals surface area contributed by atoms with E-state index in [2.05, 4.69) is 13.8 Å². The molecule has 0 radical (unpaired) electrons. The largest absolute Gasteiger partial charge is 0.0683 e. The maximum absolute atomic E-state index is 2.42. The smallest absolute Gasteiger partial charge is 0.0328 e. The second-order valence-corrected chi connectivity index (χ2v) is 3.37. The molecule has 0 amide bonds. The summed E-state index contributed by atoms with van der Waals surface area (Å²) >= 11 is 0. The molecule has 0 aliphatic heterocycles. The molecule has 0 atom stereocenters. The fraction of sp³-hybridized carbons (Fsp3) is 1.00. The molecular weight excluding hydrogens is 168 g/mol. The lowest BCUT2D eigenvalue weighted by molar-refractivity contribution is 0.323. The first-order valence-electron chi connectivity index (χ1n) is 6.77. The summed E-state index contributed by atoms with van der Waals surface area (Å²) < 4.78 is 0. The van der Waals surface area contributed by atoms with Gasteiger partial charge < -0.3 is 0 Å². The molecule has 0 nitrogen and oxygen atoms in total. The monoisotopic (exact) mass is 202 g/mol. The summed E-state index contributed by atoms with van der Waals surface area (Å²) in [5.41, 5.74) is 0.736. The van der Waals surface area contributed by atoms with Crippen LogP contribution in [0.5, 0.6) is 0 Å². The fourth-order valence-electron chi connectivity index (χ4n) is 1.58. The van der Waals surface area contributed by atoms with Crippen LogP contribution in [0.2, 0.25) is 0 Å². The zero-order valence-electron chi connectivity index (χ0n) is 12.0. The van der Waals surface area contributed by atoms with Crippen molar-refractivity contribution in [3.63, 3.8) is 0 Å². The van der Waals surface area contributed by atoms with Gasteiger partial charge in [-0.05, 0) is 18.3 Å². The molecule has 1 aliphatic carbocycles. The van der Waals surface area contributed by atoms with E-state index in [0.717, 1.165) is 5.41 Å². The van der Waals surface area contributed by atoms with Crippen LogP contribution in [-0.4, -0.2) is 0 Å². The highest BCUT2D eigenvalue weighted by molar-refractivity contribution is 4.78. The van der Waals surface area contributed by atoms with Gasteiger partial charge >= 0.3 is 0 Å². The molecule has 1 saturated carbocycles. The molecule has 0 saturated heterocycles. The lowest BCUT2D eigenvalue weighted by atomic mass is 9.86. The standard InChI is InChI=1S/C8H16.3C2H6/c1-3-8(2)6-4-5-7-8;3*1-2/h3-7H2,1-2H3;3*1-2H3. The van der Waals surface area contributed by atoms with Gasteiger partial charge in [0.2, 0.25) is 0 Å². The van der Waals surface area contributed by atoms with Crippen LogP contribution in [0.15, 0.2) is 0 Å². The summed E-state index contributed by atoms with van der Waals surface area (Å²) in [6.07, 6.45) is 7.29. The summed E-state index contributed by atoms with van der Waals surface area (Å²) in [6.45, 7) is 16.7. The van der Waals surface area contributed by atoms with Crippen LogP contribution in [0.25, 0.3) is 0 Å². The third-order valence-corrected chi connectivity index (χ3v) is 2.66. The normalized spacial score (nSPS) is 16.3. The molecule has 0 spiro atoms. The first-order valence-corrected chi connectivity index (χ1v) is 6.77. The van der Waals surface area contributed by atoms with E-state index in [1.54, 1.807) is 0 Å². The Labute approximate surface area is 93.5 Å². The topological polar surface area (TPSA) is 0 Å². The highest BCUT2D eigenvalue weighted by Gasteiger charge is 2.25. The molecule has 1 rings (SSSR count). The van der Waals surface area contributed by atoms with Gasteiger partial charge in [0, 0.05) is 0 Å². The molecule has 0 unspecified atom stereocenters. The van der Waals surface area contributed by atoms with Gasteiger partial charge in [0.25, 0.3) is 0 Å². The Morgan fingerprint density at radius 2 is 1.07 bits per heavy atom. The number of hydrogen-bond donors (Lipinski definition) is 0. The molecule has 0 aromatic carbocycles. The lowest BCUT2D eigenvalue weighted by Gasteiger charge is -2.19. The average Bonchev–Trinajstić information content (AvgIpc) is 2.75. The Morgan fingerprint density at radius 1 is 0.786 bits per heavy atom. The first kappa shape index (κ1) is 19.6. The minimum Gasteiger partial charge on any atom is -0.0683 e. The van der Waals surface area contributed by atoms with E-state index in [4.69, 9.17) is 0 Å². The zero-order valence-corrected chi connectivity index (χ0v) is 12.0. The van der Waals surface area contributed by atoms with E-state index in [9.17, 15) is 0 Å². The number of hydrogen-bond acceptors (Lipinski definition) is 0. The third-order valence-electron chi connectivity index (χ3n) is 2.66. The quantitative estimate of drug-likeness (QED) is 0.485. The lowest BCUT2D eigenvalue weighted by Crippen LogP contribution is -2.07. The molecule has 0 aromatic heterocycles. The molecule has 14 heavy (non-hydrogen) atoms. The zero-order chi connectivity index (χ0) is 12.0. The first-order chi connectivity index (χ1) is 6.77. The van der Waals surface area contributed by atoms with Crippen molar-refractivity contribution in [1.82, 2.24) is 0 Å². The van der Waals surface area contributed by atoms with Gasteiger partial charge in [-0.25, -0.2) is 0 Å². The van der Waals surface area contributed by atoms with Crippen molar-refractivity contribution in [1.29, 1.82) is 0 Å². The third kappa shape index (κ3) is 10.1. The SMILES string of the molecule is CC.CC.CC.CCC1(C)CCCC1. The van der Waals surface area contributed by atoms with E-state index in [0.29, 0.717) is 0 Å². The van der Waals surface area contributed by atoms with Gasteiger partial charge in [0.15, 0.2) is 0 Å². The average molecular weight is 202 g/mol. The van der Waals surface area contributed by atoms with E-state index < -0.39 is 0 Å². The van der Waals surface area contributed by atoms with E-state index in [1.807, 2.05) is 41.5 Å². The van der Waals surface area contributed by atoms with Crippen LogP contribution < -0.4 is 0 Å². The second-order valence-electron chi connectivity index (χ2n) is 3.37. The highest BCUT2D eigenvalue weighted by atomic mass is 14.3. The van der Waals surface area contributed by atoms with Crippen LogP contribution >= 0.6 is 0 Å². The molecule has 0 aromatic rings. The molecule has 0 bridgehead atoms. The van der Waals surface area contributed by atoms with E-state index >= 15 is 0 Å². The summed E-state index contributed by atoms with van der Waals surface area (Å²) in [5.74, 6) is 0. The highest BCUT2D eigenvalue weighted by Crippen LogP contribution is 2.39. The minimum absolute atomic E-state index is 0.736.